The summed E-state index contributed by atoms with van der Waals surface area (Å²) >= 11 is 1.30. The van der Waals surface area contributed by atoms with Crippen molar-refractivity contribution in [3.63, 3.8) is 0 Å². The second-order valence-corrected chi connectivity index (χ2v) is 4.31. The van der Waals surface area contributed by atoms with E-state index in [1.54, 1.807) is 0 Å². The maximum absolute atomic E-state index is 7.12. The second-order valence-electron chi connectivity index (χ2n) is 3.29. The van der Waals surface area contributed by atoms with Gasteiger partial charge in [0.1, 0.15) is 11.6 Å². The molecule has 0 unspecified atom stereocenters. The zero-order valence-corrected chi connectivity index (χ0v) is 8.68. The van der Waals surface area contributed by atoms with Crippen LogP contribution in [0.1, 0.15) is 24.5 Å². The molecule has 0 saturated heterocycles. The first-order valence-electron chi connectivity index (χ1n) is 4.65. The fourth-order valence-corrected chi connectivity index (χ4v) is 2.12. The summed E-state index contributed by atoms with van der Waals surface area (Å²) in [5, 5.41) is 15.5. The Balaban J connectivity index is 2.10. The predicted molar refractivity (Wildman–Crippen MR) is 56.2 cm³/mol. The third-order valence-corrected chi connectivity index (χ3v) is 3.01. The molecule has 0 atom stereocenters. The minimum absolute atomic E-state index is 0.137. The second kappa shape index (κ2) is 4.00. The molecule has 3 N–H and O–H groups in total. The number of amidine groups is 1. The van der Waals surface area contributed by atoms with Crippen molar-refractivity contribution in [2.24, 2.45) is 5.73 Å². The van der Waals surface area contributed by atoms with E-state index in [0.29, 0.717) is 5.75 Å². The summed E-state index contributed by atoms with van der Waals surface area (Å²) in [6.45, 7) is 1.01. The summed E-state index contributed by atoms with van der Waals surface area (Å²) in [6.07, 6.45) is 3.43. The van der Waals surface area contributed by atoms with Crippen molar-refractivity contribution in [2.45, 2.75) is 31.6 Å². The van der Waals surface area contributed by atoms with Crippen LogP contribution in [0.15, 0.2) is 0 Å². The van der Waals surface area contributed by atoms with E-state index >= 15 is 0 Å². The average Bonchev–Trinajstić information content (AvgIpc) is 2.58. The SMILES string of the molecule is N=C(N)SCc1nnc2n1CCCC2. The predicted octanol–water partition coefficient (Wildman–Crippen LogP) is 0.741. The molecule has 2 heterocycles. The molecule has 2 rings (SSSR count). The fraction of sp³-hybridized carbons (Fsp3) is 0.625. The lowest BCUT2D eigenvalue weighted by atomic mass is 10.2. The molecule has 76 valence electrons. The van der Waals surface area contributed by atoms with Crippen molar-refractivity contribution >= 4 is 16.9 Å². The summed E-state index contributed by atoms with van der Waals surface area (Å²) in [4.78, 5) is 0. The van der Waals surface area contributed by atoms with Crippen LogP contribution in [0.3, 0.4) is 0 Å². The zero-order valence-electron chi connectivity index (χ0n) is 7.86. The molecule has 0 aromatic carbocycles. The molecule has 0 aliphatic carbocycles. The lowest BCUT2D eigenvalue weighted by molar-refractivity contribution is 0.513. The van der Waals surface area contributed by atoms with Crippen LogP contribution in [0.4, 0.5) is 0 Å². The Morgan fingerprint density at radius 3 is 3.14 bits per heavy atom. The Morgan fingerprint density at radius 2 is 2.36 bits per heavy atom. The molecule has 1 aliphatic rings. The molecule has 6 heteroatoms. The van der Waals surface area contributed by atoms with Gasteiger partial charge in [0.2, 0.25) is 0 Å². The lowest BCUT2D eigenvalue weighted by Crippen LogP contribution is -2.13. The van der Waals surface area contributed by atoms with E-state index < -0.39 is 0 Å². The van der Waals surface area contributed by atoms with Crippen LogP contribution >= 0.6 is 11.8 Å². The maximum Gasteiger partial charge on any atom is 0.151 e. The molecule has 1 aromatic rings. The summed E-state index contributed by atoms with van der Waals surface area (Å²) in [6, 6.07) is 0. The van der Waals surface area contributed by atoms with Crippen LogP contribution in [-0.4, -0.2) is 19.9 Å². The van der Waals surface area contributed by atoms with Crippen molar-refractivity contribution in [2.75, 3.05) is 0 Å². The number of rotatable bonds is 2. The molecular formula is C8H13N5S. The topological polar surface area (TPSA) is 80.6 Å². The highest BCUT2D eigenvalue weighted by molar-refractivity contribution is 8.12. The van der Waals surface area contributed by atoms with Gasteiger partial charge in [-0.1, -0.05) is 11.8 Å². The van der Waals surface area contributed by atoms with Gasteiger partial charge in [-0.15, -0.1) is 10.2 Å². The molecule has 0 amide bonds. The Bertz CT molecular complexity index is 346. The van der Waals surface area contributed by atoms with Crippen LogP contribution in [0.5, 0.6) is 0 Å². The van der Waals surface area contributed by atoms with Gasteiger partial charge in [0, 0.05) is 13.0 Å². The number of aryl methyl sites for hydroxylation is 1. The van der Waals surface area contributed by atoms with E-state index in [4.69, 9.17) is 11.1 Å². The molecule has 5 nitrogen and oxygen atoms in total. The summed E-state index contributed by atoms with van der Waals surface area (Å²) < 4.78 is 2.15. The highest BCUT2D eigenvalue weighted by Gasteiger charge is 2.15. The average molecular weight is 211 g/mol. The van der Waals surface area contributed by atoms with Crippen LogP contribution in [0, 0.1) is 5.41 Å². The number of fused-ring (bicyclic) bond motifs is 1. The van der Waals surface area contributed by atoms with Gasteiger partial charge < -0.3 is 10.3 Å². The number of hydrogen-bond donors (Lipinski definition) is 2. The van der Waals surface area contributed by atoms with Gasteiger partial charge in [-0.05, 0) is 12.8 Å². The maximum atomic E-state index is 7.12. The molecule has 0 saturated carbocycles. The van der Waals surface area contributed by atoms with E-state index in [0.717, 1.165) is 24.6 Å². The van der Waals surface area contributed by atoms with Crippen LogP contribution < -0.4 is 5.73 Å². The fourth-order valence-electron chi connectivity index (χ4n) is 1.62. The van der Waals surface area contributed by atoms with Gasteiger partial charge in [-0.3, -0.25) is 5.41 Å². The van der Waals surface area contributed by atoms with E-state index in [2.05, 4.69) is 14.8 Å². The Labute approximate surface area is 86.6 Å². The number of thioether (sulfide) groups is 1. The molecule has 0 bridgehead atoms. The Hall–Kier alpha value is -1.04. The number of nitrogens with two attached hydrogens (primary N) is 1. The highest BCUT2D eigenvalue weighted by Crippen LogP contribution is 2.17. The standard InChI is InChI=1S/C8H13N5S/c9-8(10)14-5-7-12-11-6-3-1-2-4-13(6)7/h1-5H2,(H3,9,10). The van der Waals surface area contributed by atoms with Crippen molar-refractivity contribution in [3.8, 4) is 0 Å². The summed E-state index contributed by atoms with van der Waals surface area (Å²) in [5.74, 6) is 2.68. The first kappa shape index (κ1) is 9.51. The van der Waals surface area contributed by atoms with Gasteiger partial charge in [-0.25, -0.2) is 0 Å². The third kappa shape index (κ3) is 1.89. The number of aromatic nitrogens is 3. The molecule has 14 heavy (non-hydrogen) atoms. The van der Waals surface area contributed by atoms with Gasteiger partial charge in [0.15, 0.2) is 5.17 Å². The van der Waals surface area contributed by atoms with Crippen LogP contribution in [0.25, 0.3) is 0 Å². The van der Waals surface area contributed by atoms with Crippen molar-refractivity contribution in [3.05, 3.63) is 11.6 Å². The largest absolute Gasteiger partial charge is 0.379 e. The lowest BCUT2D eigenvalue weighted by Gasteiger charge is -2.14. The van der Waals surface area contributed by atoms with Crippen molar-refractivity contribution < 1.29 is 0 Å². The zero-order chi connectivity index (χ0) is 9.97. The Morgan fingerprint density at radius 1 is 1.50 bits per heavy atom. The minimum atomic E-state index is 0.137. The normalized spacial score (nSPS) is 15.1. The monoisotopic (exact) mass is 211 g/mol. The quantitative estimate of drug-likeness (QED) is 0.558. The highest BCUT2D eigenvalue weighted by atomic mass is 32.2. The molecule has 1 aromatic heterocycles. The molecule has 1 aliphatic heterocycles. The number of hydrogen-bond acceptors (Lipinski definition) is 4. The third-order valence-electron chi connectivity index (χ3n) is 2.29. The van der Waals surface area contributed by atoms with Gasteiger partial charge in [0.25, 0.3) is 0 Å². The number of nitrogens with one attached hydrogen (secondary N) is 1. The van der Waals surface area contributed by atoms with E-state index in [-0.39, 0.29) is 5.17 Å². The van der Waals surface area contributed by atoms with E-state index in [1.165, 1.54) is 24.6 Å². The van der Waals surface area contributed by atoms with Gasteiger partial charge in [-0.2, -0.15) is 0 Å². The molecule has 0 fully saturated rings. The van der Waals surface area contributed by atoms with Crippen LogP contribution in [-0.2, 0) is 18.7 Å². The molecule has 0 radical (unpaired) electrons. The molecule has 0 spiro atoms. The Kier molecular flexibility index (Phi) is 2.72. The summed E-state index contributed by atoms with van der Waals surface area (Å²) in [7, 11) is 0. The molecular weight excluding hydrogens is 198 g/mol. The number of nitrogens with zero attached hydrogens (tertiary/aromatic N) is 3. The van der Waals surface area contributed by atoms with Gasteiger partial charge >= 0.3 is 0 Å². The first-order chi connectivity index (χ1) is 6.77. The van der Waals surface area contributed by atoms with Gasteiger partial charge in [0.05, 0.1) is 5.75 Å². The minimum Gasteiger partial charge on any atom is -0.379 e. The summed E-state index contributed by atoms with van der Waals surface area (Å²) in [5.41, 5.74) is 5.27. The van der Waals surface area contributed by atoms with Crippen molar-refractivity contribution in [1.82, 2.24) is 14.8 Å². The smallest absolute Gasteiger partial charge is 0.151 e. The van der Waals surface area contributed by atoms with E-state index in [1.807, 2.05) is 0 Å². The van der Waals surface area contributed by atoms with Crippen molar-refractivity contribution in [1.29, 1.82) is 5.41 Å². The van der Waals surface area contributed by atoms with Crippen LogP contribution in [0.2, 0.25) is 0 Å². The van der Waals surface area contributed by atoms with E-state index in [9.17, 15) is 0 Å². The first-order valence-corrected chi connectivity index (χ1v) is 5.63.